The highest BCUT2D eigenvalue weighted by Crippen LogP contribution is 2.13. The molecule has 2 aliphatic heterocycles. The molecule has 170 valence electrons. The second-order valence-electron chi connectivity index (χ2n) is 8.23. The van der Waals surface area contributed by atoms with Crippen molar-refractivity contribution in [3.8, 4) is 0 Å². The van der Waals surface area contributed by atoms with Crippen molar-refractivity contribution in [2.45, 2.75) is 39.3 Å². The van der Waals surface area contributed by atoms with Crippen molar-refractivity contribution in [2.24, 2.45) is 4.99 Å². The van der Waals surface area contributed by atoms with E-state index in [1.54, 1.807) is 0 Å². The van der Waals surface area contributed by atoms with E-state index in [1.165, 1.54) is 56.6 Å². The fourth-order valence-electron chi connectivity index (χ4n) is 4.30. The summed E-state index contributed by atoms with van der Waals surface area (Å²) in [6, 6.07) is 8.82. The highest BCUT2D eigenvalue weighted by Gasteiger charge is 2.16. The van der Waals surface area contributed by atoms with Gasteiger partial charge in [-0.2, -0.15) is 0 Å². The number of hydrogen-bond acceptors (Lipinski definition) is 4. The Morgan fingerprint density at radius 3 is 2.20 bits per heavy atom. The fourth-order valence-corrected chi connectivity index (χ4v) is 4.30. The third-order valence-corrected chi connectivity index (χ3v) is 6.26. The summed E-state index contributed by atoms with van der Waals surface area (Å²) >= 11 is 0. The van der Waals surface area contributed by atoms with E-state index >= 15 is 0 Å². The number of nitrogens with one attached hydrogen (secondary N) is 2. The van der Waals surface area contributed by atoms with Crippen LogP contribution in [0.4, 0.5) is 0 Å². The van der Waals surface area contributed by atoms with Gasteiger partial charge in [0.15, 0.2) is 5.96 Å². The SMILES string of the molecule is CCN1CCN(Cc2ccccc2CNC(=NC)NCCN2CCCCC2)CC1.I. The van der Waals surface area contributed by atoms with Gasteiger partial charge in [-0.3, -0.25) is 9.89 Å². The Hall–Kier alpha value is -0.900. The Bertz CT molecular complexity index is 624. The first-order chi connectivity index (χ1) is 14.3. The Kier molecular flexibility index (Phi) is 12.0. The average molecular weight is 529 g/mol. The Labute approximate surface area is 200 Å². The van der Waals surface area contributed by atoms with Crippen LogP contribution >= 0.6 is 24.0 Å². The molecule has 0 radical (unpaired) electrons. The second kappa shape index (κ2) is 14.2. The van der Waals surface area contributed by atoms with Crippen LogP contribution in [0.25, 0.3) is 0 Å². The van der Waals surface area contributed by atoms with Crippen LogP contribution in [-0.4, -0.2) is 86.6 Å². The number of halogens is 1. The van der Waals surface area contributed by atoms with Gasteiger partial charge in [0.1, 0.15) is 0 Å². The second-order valence-corrected chi connectivity index (χ2v) is 8.23. The largest absolute Gasteiger partial charge is 0.355 e. The van der Waals surface area contributed by atoms with E-state index in [0.29, 0.717) is 0 Å². The van der Waals surface area contributed by atoms with Crippen LogP contribution in [0.1, 0.15) is 37.3 Å². The van der Waals surface area contributed by atoms with Crippen LogP contribution < -0.4 is 10.6 Å². The molecule has 1 aromatic rings. The summed E-state index contributed by atoms with van der Waals surface area (Å²) in [5, 5.41) is 6.99. The van der Waals surface area contributed by atoms with Gasteiger partial charge < -0.3 is 20.4 Å². The molecule has 7 heteroatoms. The molecule has 0 aromatic heterocycles. The number of rotatable bonds is 8. The van der Waals surface area contributed by atoms with E-state index in [2.05, 4.69) is 61.5 Å². The van der Waals surface area contributed by atoms with Crippen LogP contribution in [0.5, 0.6) is 0 Å². The van der Waals surface area contributed by atoms with Gasteiger partial charge in [-0.05, 0) is 43.6 Å². The van der Waals surface area contributed by atoms with Crippen LogP contribution in [0.3, 0.4) is 0 Å². The van der Waals surface area contributed by atoms with Gasteiger partial charge in [-0.15, -0.1) is 24.0 Å². The van der Waals surface area contributed by atoms with E-state index in [1.807, 2.05) is 7.05 Å². The van der Waals surface area contributed by atoms with Crippen LogP contribution in [-0.2, 0) is 13.1 Å². The number of nitrogens with zero attached hydrogens (tertiary/aromatic N) is 4. The third-order valence-electron chi connectivity index (χ3n) is 6.26. The Morgan fingerprint density at radius 1 is 0.867 bits per heavy atom. The molecule has 2 aliphatic rings. The summed E-state index contributed by atoms with van der Waals surface area (Å²) < 4.78 is 0. The highest BCUT2D eigenvalue weighted by molar-refractivity contribution is 14.0. The normalized spacial score (nSPS) is 19.3. The zero-order valence-electron chi connectivity index (χ0n) is 18.9. The molecule has 0 unspecified atom stereocenters. The van der Waals surface area contributed by atoms with Crippen LogP contribution in [0, 0.1) is 0 Å². The molecule has 0 bridgehead atoms. The minimum atomic E-state index is 0. The minimum absolute atomic E-state index is 0. The van der Waals surface area contributed by atoms with Crippen molar-refractivity contribution < 1.29 is 0 Å². The standard InChI is InChI=1S/C23H40N6.HI/c1-3-27-15-17-29(18-16-27)20-22-10-6-5-9-21(22)19-26-23(24-2)25-11-14-28-12-7-4-8-13-28;/h5-6,9-10H,3-4,7-8,11-20H2,1-2H3,(H2,24,25,26);1H. The zero-order valence-corrected chi connectivity index (χ0v) is 21.2. The van der Waals surface area contributed by atoms with Gasteiger partial charge in [0, 0.05) is 59.4 Å². The van der Waals surface area contributed by atoms with E-state index in [4.69, 9.17) is 0 Å². The Morgan fingerprint density at radius 2 is 1.53 bits per heavy atom. The predicted molar refractivity (Wildman–Crippen MR) is 138 cm³/mol. The maximum absolute atomic E-state index is 4.41. The summed E-state index contributed by atoms with van der Waals surface area (Å²) in [5.74, 6) is 0.897. The first-order valence-corrected chi connectivity index (χ1v) is 11.5. The molecule has 2 fully saturated rings. The van der Waals surface area contributed by atoms with Gasteiger partial charge in [0.25, 0.3) is 0 Å². The van der Waals surface area contributed by atoms with E-state index in [9.17, 15) is 0 Å². The number of guanidine groups is 1. The van der Waals surface area contributed by atoms with Crippen molar-refractivity contribution in [1.82, 2.24) is 25.3 Å². The third kappa shape index (κ3) is 8.32. The zero-order chi connectivity index (χ0) is 20.3. The summed E-state index contributed by atoms with van der Waals surface area (Å²) in [7, 11) is 1.86. The molecule has 3 rings (SSSR count). The van der Waals surface area contributed by atoms with Crippen molar-refractivity contribution in [1.29, 1.82) is 0 Å². The molecule has 2 saturated heterocycles. The number of benzene rings is 1. The van der Waals surface area contributed by atoms with E-state index in [-0.39, 0.29) is 24.0 Å². The quantitative estimate of drug-likeness (QED) is 0.309. The topological polar surface area (TPSA) is 46.1 Å². The molecule has 0 atom stereocenters. The van der Waals surface area contributed by atoms with Crippen molar-refractivity contribution >= 4 is 29.9 Å². The number of likely N-dealkylation sites (N-methyl/N-ethyl adjacent to an activating group) is 1. The van der Waals surface area contributed by atoms with Crippen molar-refractivity contribution in [3.05, 3.63) is 35.4 Å². The van der Waals surface area contributed by atoms with E-state index in [0.717, 1.165) is 51.8 Å². The molecule has 2 N–H and O–H groups in total. The number of piperidine rings is 1. The van der Waals surface area contributed by atoms with Crippen molar-refractivity contribution in [3.63, 3.8) is 0 Å². The molecule has 0 saturated carbocycles. The molecule has 2 heterocycles. The summed E-state index contributed by atoms with van der Waals surface area (Å²) in [6.07, 6.45) is 4.08. The summed E-state index contributed by atoms with van der Waals surface area (Å²) in [4.78, 5) is 12.1. The lowest BCUT2D eigenvalue weighted by Gasteiger charge is -2.34. The van der Waals surface area contributed by atoms with Gasteiger partial charge in [0.05, 0.1) is 0 Å². The molecular weight excluding hydrogens is 487 g/mol. The summed E-state index contributed by atoms with van der Waals surface area (Å²) in [5.41, 5.74) is 2.79. The maximum atomic E-state index is 4.41. The van der Waals surface area contributed by atoms with Crippen LogP contribution in [0.2, 0.25) is 0 Å². The lowest BCUT2D eigenvalue weighted by Crippen LogP contribution is -2.45. The molecule has 1 aromatic carbocycles. The first-order valence-electron chi connectivity index (χ1n) is 11.5. The molecule has 0 spiro atoms. The molecule has 0 amide bonds. The lowest BCUT2D eigenvalue weighted by molar-refractivity contribution is 0.131. The average Bonchev–Trinajstić information content (AvgIpc) is 2.78. The van der Waals surface area contributed by atoms with Gasteiger partial charge in [-0.25, -0.2) is 0 Å². The molecule has 0 aliphatic carbocycles. The minimum Gasteiger partial charge on any atom is -0.355 e. The summed E-state index contributed by atoms with van der Waals surface area (Å²) in [6.45, 7) is 14.5. The fraction of sp³-hybridized carbons (Fsp3) is 0.696. The first kappa shape index (κ1) is 25.4. The van der Waals surface area contributed by atoms with Crippen LogP contribution in [0.15, 0.2) is 29.3 Å². The smallest absolute Gasteiger partial charge is 0.191 e. The lowest BCUT2D eigenvalue weighted by atomic mass is 10.1. The van der Waals surface area contributed by atoms with Crippen molar-refractivity contribution in [2.75, 3.05) is 66.0 Å². The molecule has 30 heavy (non-hydrogen) atoms. The number of aliphatic imine (C=N–C) groups is 1. The number of hydrogen-bond donors (Lipinski definition) is 2. The molecule has 6 nitrogen and oxygen atoms in total. The molecular formula is C23H41IN6. The number of piperazine rings is 1. The Balaban J connectivity index is 0.00000320. The highest BCUT2D eigenvalue weighted by atomic mass is 127. The van der Waals surface area contributed by atoms with Gasteiger partial charge in [-0.1, -0.05) is 37.6 Å². The maximum Gasteiger partial charge on any atom is 0.191 e. The van der Waals surface area contributed by atoms with Gasteiger partial charge >= 0.3 is 0 Å². The monoisotopic (exact) mass is 528 g/mol. The number of likely N-dealkylation sites (tertiary alicyclic amines) is 1. The predicted octanol–water partition coefficient (Wildman–Crippen LogP) is 2.59. The van der Waals surface area contributed by atoms with E-state index < -0.39 is 0 Å². The van der Waals surface area contributed by atoms with Gasteiger partial charge in [0.2, 0.25) is 0 Å².